The Hall–Kier alpha value is -2.72. The summed E-state index contributed by atoms with van der Waals surface area (Å²) in [5.41, 5.74) is 3.14. The number of rotatable bonds is 2. The van der Waals surface area contributed by atoms with Crippen molar-refractivity contribution in [1.29, 1.82) is 0 Å². The van der Waals surface area contributed by atoms with Gasteiger partial charge in [0.2, 0.25) is 0 Å². The van der Waals surface area contributed by atoms with Crippen molar-refractivity contribution in [2.45, 2.75) is 204 Å². The Morgan fingerprint density at radius 2 is 0.522 bits per heavy atom. The summed E-state index contributed by atoms with van der Waals surface area (Å²) in [5, 5.41) is 51.1. The van der Waals surface area contributed by atoms with Crippen molar-refractivity contribution < 1.29 is 19.8 Å². The van der Waals surface area contributed by atoms with E-state index in [1.807, 2.05) is 24.3 Å². The van der Waals surface area contributed by atoms with Crippen LogP contribution >= 0.6 is 0 Å². The maximum absolute atomic E-state index is 10.6. The van der Waals surface area contributed by atoms with Crippen LogP contribution in [0.3, 0.4) is 0 Å². The molecule has 0 aromatic heterocycles. The molecule has 10 N–H and O–H groups in total. The van der Waals surface area contributed by atoms with Gasteiger partial charge < -0.3 is 10.2 Å². The van der Waals surface area contributed by atoms with Crippen LogP contribution in [0.1, 0.15) is 176 Å². The topological polar surface area (TPSA) is 171 Å². The Morgan fingerprint density at radius 3 is 0.657 bits per heavy atom. The van der Waals surface area contributed by atoms with Crippen LogP contribution in [0.5, 0.6) is 0 Å². The number of carboxylic acids is 2. The maximum atomic E-state index is 10.6. The quantitative estimate of drug-likeness (QED) is 0.134. The van der Waals surface area contributed by atoms with Gasteiger partial charge in [0.05, 0.1) is 60.5 Å². The standard InChI is InChI=1S/C32H56N8.2C11H14O2.Si/c1-2-10-18-17(9-1)25-33-26(18)38-28-21-13-5-6-14-22(21)30(35-28)40-32-24-16-8-7-15-23(24)31(36-32)39-29-20-12-4-3-11-19(20)27(34-29)37-25;2*1-11(2,3)9-6-4-8(5-7-9)10(12)13;/h17-40H,1-16H2;2*4-7H,1-3H3,(H,12,13);. The van der Waals surface area contributed by atoms with E-state index in [1.165, 1.54) is 103 Å². The van der Waals surface area contributed by atoms with Crippen molar-refractivity contribution in [2.24, 2.45) is 47.3 Å². The lowest BCUT2D eigenvalue weighted by Crippen LogP contribution is -2.61. The van der Waals surface area contributed by atoms with Gasteiger partial charge in [-0.25, -0.2) is 9.59 Å². The minimum Gasteiger partial charge on any atom is -0.478 e. The highest BCUT2D eigenvalue weighted by Crippen LogP contribution is 2.45. The second kappa shape index (κ2) is 21.3. The molecule has 4 radical (unpaired) electrons. The van der Waals surface area contributed by atoms with Crippen molar-refractivity contribution in [2.75, 3.05) is 0 Å². The molecule has 0 spiro atoms. The SMILES string of the molecule is C1CCC2C3NC(NC4NC(NC5NC(NC6NC(N3)C3CCCCC63)C3CCCCC53)C3CCCCC43)C2C1.CC(C)(C)c1ccc(C(=O)O)cc1.CC(C)(C)c1ccc(C(=O)O)cc1.[Si]. The molecule has 11 rings (SSSR count). The molecule has 5 saturated heterocycles. The molecule has 67 heavy (non-hydrogen) atoms. The number of carboxylic acid groups (broad SMARTS) is 2. The van der Waals surface area contributed by atoms with Gasteiger partial charge >= 0.3 is 11.9 Å². The molecule has 8 bridgehead atoms. The molecular weight excluding hydrogens is 853 g/mol. The summed E-state index contributed by atoms with van der Waals surface area (Å²) < 4.78 is 0. The van der Waals surface area contributed by atoms with Crippen LogP contribution in [0.25, 0.3) is 0 Å². The summed E-state index contributed by atoms with van der Waals surface area (Å²) in [4.78, 5) is 21.1. The van der Waals surface area contributed by atoms with Gasteiger partial charge in [-0.05, 0) is 145 Å². The van der Waals surface area contributed by atoms with E-state index in [1.54, 1.807) is 24.3 Å². The Morgan fingerprint density at radius 1 is 0.358 bits per heavy atom. The van der Waals surface area contributed by atoms with E-state index in [-0.39, 0.29) is 21.8 Å². The van der Waals surface area contributed by atoms with Crippen molar-refractivity contribution in [3.63, 3.8) is 0 Å². The third-order valence-corrected chi connectivity index (χ3v) is 17.8. The number of carbonyl (C=O) groups is 2. The average Bonchev–Trinajstić information content (AvgIpc) is 4.05. The zero-order valence-electron chi connectivity index (χ0n) is 41.4. The molecule has 13 heteroatoms. The Kier molecular flexibility index (Phi) is 16.1. The van der Waals surface area contributed by atoms with E-state index < -0.39 is 11.9 Å². The number of fused-ring (bicyclic) bond motifs is 20. The van der Waals surface area contributed by atoms with Crippen molar-refractivity contribution in [3.05, 3.63) is 70.8 Å². The van der Waals surface area contributed by atoms with E-state index in [4.69, 9.17) is 10.2 Å². The summed E-state index contributed by atoms with van der Waals surface area (Å²) in [7, 11) is 0. The second-order valence-electron chi connectivity index (χ2n) is 23.9. The van der Waals surface area contributed by atoms with E-state index in [9.17, 15) is 9.59 Å². The van der Waals surface area contributed by atoms with E-state index in [2.05, 4.69) is 84.1 Å². The number of aromatic carboxylic acids is 2. The zero-order chi connectivity index (χ0) is 46.3. The van der Waals surface area contributed by atoms with Crippen molar-refractivity contribution in [1.82, 2.24) is 42.5 Å². The third kappa shape index (κ3) is 11.3. The van der Waals surface area contributed by atoms with Gasteiger partial charge in [0.15, 0.2) is 0 Å². The van der Waals surface area contributed by atoms with Gasteiger partial charge in [0.25, 0.3) is 0 Å². The average molecular weight is 937 g/mol. The fraction of sp³-hybridized carbons (Fsp3) is 0.741. The minimum absolute atomic E-state index is 0. The van der Waals surface area contributed by atoms with Crippen LogP contribution in [0.4, 0.5) is 0 Å². The van der Waals surface area contributed by atoms with Gasteiger partial charge in [0.1, 0.15) is 0 Å². The highest BCUT2D eigenvalue weighted by Gasteiger charge is 2.54. The molecule has 2 aromatic rings. The van der Waals surface area contributed by atoms with Crippen molar-refractivity contribution >= 4 is 22.9 Å². The summed E-state index contributed by atoms with van der Waals surface area (Å²) in [6, 6.07) is 14.0. The molecule has 4 saturated carbocycles. The van der Waals surface area contributed by atoms with Crippen LogP contribution in [-0.2, 0) is 10.8 Å². The lowest BCUT2D eigenvalue weighted by molar-refractivity contribution is 0.0686. The van der Waals surface area contributed by atoms with Gasteiger partial charge in [-0.15, -0.1) is 0 Å². The fourth-order valence-corrected chi connectivity index (χ4v) is 14.2. The molecule has 8 unspecified atom stereocenters. The molecule has 4 aliphatic carbocycles. The first-order valence-corrected chi connectivity index (χ1v) is 26.4. The number of benzene rings is 2. The molecule has 5 heterocycles. The number of nitrogens with one attached hydrogen (secondary N) is 8. The molecule has 9 aliphatic rings. The molecule has 368 valence electrons. The minimum atomic E-state index is -0.875. The second-order valence-corrected chi connectivity index (χ2v) is 23.9. The smallest absolute Gasteiger partial charge is 0.335 e. The first-order chi connectivity index (χ1) is 31.6. The summed E-state index contributed by atoms with van der Waals surface area (Å²) in [5.74, 6) is 4.22. The van der Waals surface area contributed by atoms with Gasteiger partial charge in [-0.1, -0.05) is 117 Å². The first kappa shape index (κ1) is 50.7. The molecule has 2 aromatic carbocycles. The third-order valence-electron chi connectivity index (χ3n) is 17.8. The van der Waals surface area contributed by atoms with Crippen LogP contribution in [-0.4, -0.2) is 82.4 Å². The van der Waals surface area contributed by atoms with E-state index in [0.717, 1.165) is 58.5 Å². The Bertz CT molecular complexity index is 1680. The monoisotopic (exact) mass is 937 g/mol. The lowest BCUT2D eigenvalue weighted by atomic mass is 9.76. The number of hydrogen-bond acceptors (Lipinski definition) is 10. The number of hydrogen-bond donors (Lipinski definition) is 10. The predicted octanol–water partition coefficient (Wildman–Crippen LogP) is 7.59. The molecular formula is C54H84N8O4Si. The highest BCUT2D eigenvalue weighted by molar-refractivity contribution is 5.88. The Labute approximate surface area is 406 Å². The van der Waals surface area contributed by atoms with Crippen LogP contribution in [0.15, 0.2) is 48.5 Å². The van der Waals surface area contributed by atoms with Crippen LogP contribution < -0.4 is 42.5 Å². The summed E-state index contributed by atoms with van der Waals surface area (Å²) >= 11 is 0. The molecule has 0 amide bonds. The van der Waals surface area contributed by atoms with Gasteiger partial charge in [-0.2, -0.15) is 0 Å². The first-order valence-electron chi connectivity index (χ1n) is 26.4. The fourth-order valence-electron chi connectivity index (χ4n) is 14.2. The van der Waals surface area contributed by atoms with E-state index in [0.29, 0.717) is 60.5 Å². The zero-order valence-corrected chi connectivity index (χ0v) is 42.4. The molecule has 12 nitrogen and oxygen atoms in total. The van der Waals surface area contributed by atoms with E-state index >= 15 is 0 Å². The van der Waals surface area contributed by atoms with Crippen LogP contribution in [0, 0.1) is 47.3 Å². The predicted molar refractivity (Wildman–Crippen MR) is 267 cm³/mol. The Balaban J connectivity index is 0.000000186. The normalized spacial score (nSPS) is 38.8. The van der Waals surface area contributed by atoms with Crippen molar-refractivity contribution in [3.8, 4) is 0 Å². The molecule has 9 fully saturated rings. The largest absolute Gasteiger partial charge is 0.478 e. The molecule has 5 aliphatic heterocycles. The van der Waals surface area contributed by atoms with Crippen LogP contribution in [0.2, 0.25) is 0 Å². The lowest BCUT2D eigenvalue weighted by Gasteiger charge is -2.35. The van der Waals surface area contributed by atoms with Gasteiger partial charge in [-0.3, -0.25) is 42.5 Å². The summed E-state index contributed by atoms with van der Waals surface area (Å²) in [6.45, 7) is 12.6. The highest BCUT2D eigenvalue weighted by atomic mass is 28.1. The summed E-state index contributed by atoms with van der Waals surface area (Å²) in [6.07, 6.45) is 25.6. The van der Waals surface area contributed by atoms with Gasteiger partial charge in [0, 0.05) is 11.0 Å². The molecule has 8 atom stereocenters. The maximum Gasteiger partial charge on any atom is 0.335 e.